The summed E-state index contributed by atoms with van der Waals surface area (Å²) in [5.74, 6) is -0.470. The van der Waals surface area contributed by atoms with E-state index in [4.69, 9.17) is 10.7 Å². The topological polar surface area (TPSA) is 97.5 Å². The number of hydrogen-bond donors (Lipinski definition) is 2. The van der Waals surface area contributed by atoms with Gasteiger partial charge in [0, 0.05) is 22.7 Å². The van der Waals surface area contributed by atoms with Crippen molar-refractivity contribution in [1.82, 2.24) is 20.2 Å². The summed E-state index contributed by atoms with van der Waals surface area (Å²) in [6, 6.07) is 7.64. The Morgan fingerprint density at radius 3 is 2.54 bits per heavy atom. The number of nitrogens with two attached hydrogens (primary N) is 1. The van der Waals surface area contributed by atoms with Gasteiger partial charge < -0.3 is 5.73 Å². The number of hydrogen-bond acceptors (Lipinski definition) is 4. The summed E-state index contributed by atoms with van der Waals surface area (Å²) in [6.07, 6.45) is 7.09. The van der Waals surface area contributed by atoms with E-state index in [2.05, 4.69) is 22.1 Å². The van der Waals surface area contributed by atoms with E-state index in [1.54, 1.807) is 6.07 Å². The normalized spacial score (nSPS) is 14.2. The van der Waals surface area contributed by atoms with Gasteiger partial charge in [-0.1, -0.05) is 6.42 Å². The lowest BCUT2D eigenvalue weighted by molar-refractivity contribution is 0.1000. The summed E-state index contributed by atoms with van der Waals surface area (Å²) < 4.78 is 0. The van der Waals surface area contributed by atoms with Crippen molar-refractivity contribution in [2.75, 3.05) is 0 Å². The van der Waals surface area contributed by atoms with Gasteiger partial charge in [0.15, 0.2) is 0 Å². The van der Waals surface area contributed by atoms with Crippen LogP contribution in [0.15, 0.2) is 30.5 Å². The molecule has 0 radical (unpaired) electrons. The molecule has 0 spiro atoms. The quantitative estimate of drug-likeness (QED) is 0.523. The number of primary amides is 1. The SMILES string of the molecule is Cc1[nH]nc2ccc3nc(-c4ccc(C(N)=O)cn4)c4c(c3c12)CCCCC4. The standard InChI is InChI=1S/C22H21N5O/c1-12-19-17(27-26-12)10-9-16-20(19)14-5-3-2-4-6-15(14)21(25-16)18-8-7-13(11-24-18)22(23)28/h7-11H,2-6H2,1H3,(H2,23,28)(H,26,27). The van der Waals surface area contributed by atoms with Crippen LogP contribution in [-0.4, -0.2) is 26.1 Å². The molecule has 0 saturated heterocycles. The minimum absolute atomic E-state index is 0.409. The molecule has 0 fully saturated rings. The first-order valence-corrected chi connectivity index (χ1v) is 9.69. The van der Waals surface area contributed by atoms with E-state index >= 15 is 0 Å². The highest BCUT2D eigenvalue weighted by Gasteiger charge is 2.21. The van der Waals surface area contributed by atoms with Crippen molar-refractivity contribution in [3.8, 4) is 11.4 Å². The largest absolute Gasteiger partial charge is 0.366 e. The number of H-pyrrole nitrogens is 1. The van der Waals surface area contributed by atoms with Crippen LogP contribution >= 0.6 is 0 Å². The first-order valence-electron chi connectivity index (χ1n) is 9.69. The van der Waals surface area contributed by atoms with E-state index in [0.29, 0.717) is 5.56 Å². The number of nitrogens with one attached hydrogen (secondary N) is 1. The van der Waals surface area contributed by atoms with Crippen molar-refractivity contribution in [3.05, 3.63) is 52.8 Å². The second-order valence-electron chi connectivity index (χ2n) is 7.48. The van der Waals surface area contributed by atoms with Crippen molar-refractivity contribution in [2.45, 2.75) is 39.0 Å². The average Bonchev–Trinajstić information content (AvgIpc) is 2.92. The molecular formula is C22H21N5O. The molecule has 4 aromatic rings. The van der Waals surface area contributed by atoms with Gasteiger partial charge in [-0.05, 0) is 68.0 Å². The maximum absolute atomic E-state index is 11.4. The predicted molar refractivity (Wildman–Crippen MR) is 109 cm³/mol. The van der Waals surface area contributed by atoms with E-state index in [0.717, 1.165) is 47.4 Å². The lowest BCUT2D eigenvalue weighted by Gasteiger charge is -2.16. The van der Waals surface area contributed by atoms with E-state index < -0.39 is 5.91 Å². The molecule has 1 aliphatic carbocycles. The van der Waals surface area contributed by atoms with Crippen LogP contribution in [0.2, 0.25) is 0 Å². The number of fused-ring (bicyclic) bond motifs is 5. The van der Waals surface area contributed by atoms with Crippen LogP contribution in [0, 0.1) is 6.92 Å². The number of rotatable bonds is 2. The van der Waals surface area contributed by atoms with Crippen molar-refractivity contribution in [3.63, 3.8) is 0 Å². The molecule has 3 aromatic heterocycles. The third-order valence-corrected chi connectivity index (χ3v) is 5.71. The lowest BCUT2D eigenvalue weighted by atomic mass is 9.93. The minimum Gasteiger partial charge on any atom is -0.366 e. The first kappa shape index (κ1) is 16.9. The molecular weight excluding hydrogens is 350 g/mol. The van der Waals surface area contributed by atoms with Gasteiger partial charge >= 0.3 is 0 Å². The Labute approximate surface area is 162 Å². The molecule has 6 heteroatoms. The maximum atomic E-state index is 11.4. The molecule has 0 bridgehead atoms. The molecule has 140 valence electrons. The molecule has 6 nitrogen and oxygen atoms in total. The summed E-state index contributed by atoms with van der Waals surface area (Å²) in [4.78, 5) is 20.9. The van der Waals surface area contributed by atoms with Crippen LogP contribution in [-0.2, 0) is 12.8 Å². The van der Waals surface area contributed by atoms with Crippen molar-refractivity contribution >= 4 is 27.7 Å². The van der Waals surface area contributed by atoms with Crippen LogP contribution in [0.1, 0.15) is 46.4 Å². The number of aromatic amines is 1. The smallest absolute Gasteiger partial charge is 0.250 e. The number of amides is 1. The number of carbonyl (C=O) groups excluding carboxylic acids is 1. The first-order chi connectivity index (χ1) is 13.6. The van der Waals surface area contributed by atoms with E-state index in [9.17, 15) is 4.79 Å². The summed E-state index contributed by atoms with van der Waals surface area (Å²) >= 11 is 0. The van der Waals surface area contributed by atoms with E-state index in [1.165, 1.54) is 40.9 Å². The fraction of sp³-hybridized carbons (Fsp3) is 0.273. The van der Waals surface area contributed by atoms with Crippen LogP contribution < -0.4 is 5.73 Å². The number of aromatic nitrogens is 4. The van der Waals surface area contributed by atoms with Crippen LogP contribution in [0.5, 0.6) is 0 Å². The highest BCUT2D eigenvalue weighted by molar-refractivity contribution is 6.09. The van der Waals surface area contributed by atoms with Gasteiger partial charge in [-0.25, -0.2) is 4.98 Å². The van der Waals surface area contributed by atoms with Crippen molar-refractivity contribution < 1.29 is 4.79 Å². The maximum Gasteiger partial charge on any atom is 0.250 e. The zero-order chi connectivity index (χ0) is 19.3. The van der Waals surface area contributed by atoms with Gasteiger partial charge in [-0.3, -0.25) is 14.9 Å². The predicted octanol–water partition coefficient (Wildman–Crippen LogP) is 3.85. The number of aryl methyl sites for hydroxylation is 2. The van der Waals surface area contributed by atoms with Crippen molar-refractivity contribution in [1.29, 1.82) is 0 Å². The summed E-state index contributed by atoms with van der Waals surface area (Å²) in [5, 5.41) is 9.95. The van der Waals surface area contributed by atoms with Crippen molar-refractivity contribution in [2.24, 2.45) is 5.73 Å². The summed E-state index contributed by atoms with van der Waals surface area (Å²) in [5.41, 5.74) is 13.1. The fourth-order valence-electron chi connectivity index (χ4n) is 4.35. The number of benzene rings is 1. The minimum atomic E-state index is -0.470. The second-order valence-corrected chi connectivity index (χ2v) is 7.48. The zero-order valence-electron chi connectivity index (χ0n) is 15.7. The molecule has 28 heavy (non-hydrogen) atoms. The fourth-order valence-corrected chi connectivity index (χ4v) is 4.35. The summed E-state index contributed by atoms with van der Waals surface area (Å²) in [6.45, 7) is 2.07. The molecule has 1 aromatic carbocycles. The number of carbonyl (C=O) groups is 1. The Balaban J connectivity index is 1.83. The third kappa shape index (κ3) is 2.56. The molecule has 0 saturated carbocycles. The molecule has 0 unspecified atom stereocenters. The van der Waals surface area contributed by atoms with Gasteiger partial charge in [-0.2, -0.15) is 5.10 Å². The number of nitrogens with zero attached hydrogens (tertiary/aromatic N) is 3. The Morgan fingerprint density at radius 2 is 1.79 bits per heavy atom. The van der Waals surface area contributed by atoms with Crippen LogP contribution in [0.25, 0.3) is 33.2 Å². The van der Waals surface area contributed by atoms with Crippen LogP contribution in [0.3, 0.4) is 0 Å². The Kier molecular flexibility index (Phi) is 3.86. The van der Waals surface area contributed by atoms with Gasteiger partial charge in [0.1, 0.15) is 0 Å². The van der Waals surface area contributed by atoms with Gasteiger partial charge in [-0.15, -0.1) is 0 Å². The van der Waals surface area contributed by atoms with E-state index in [-0.39, 0.29) is 0 Å². The Bertz CT molecular complexity index is 1220. The average molecular weight is 371 g/mol. The lowest BCUT2D eigenvalue weighted by Crippen LogP contribution is -2.11. The summed E-state index contributed by atoms with van der Waals surface area (Å²) in [7, 11) is 0. The Hall–Kier alpha value is -3.28. The second kappa shape index (κ2) is 6.41. The monoisotopic (exact) mass is 371 g/mol. The van der Waals surface area contributed by atoms with Gasteiger partial charge in [0.2, 0.25) is 5.91 Å². The van der Waals surface area contributed by atoms with Crippen LogP contribution in [0.4, 0.5) is 0 Å². The highest BCUT2D eigenvalue weighted by Crippen LogP contribution is 2.37. The third-order valence-electron chi connectivity index (χ3n) is 5.71. The molecule has 0 aliphatic heterocycles. The molecule has 5 rings (SSSR count). The molecule has 3 heterocycles. The van der Waals surface area contributed by atoms with Gasteiger partial charge in [0.25, 0.3) is 0 Å². The highest BCUT2D eigenvalue weighted by atomic mass is 16.1. The molecule has 1 aliphatic rings. The van der Waals surface area contributed by atoms with E-state index in [1.807, 2.05) is 18.2 Å². The number of pyridine rings is 2. The molecule has 3 N–H and O–H groups in total. The zero-order valence-corrected chi connectivity index (χ0v) is 15.7. The van der Waals surface area contributed by atoms with Gasteiger partial charge in [0.05, 0.1) is 28.0 Å². The molecule has 0 atom stereocenters. The Morgan fingerprint density at radius 1 is 1.00 bits per heavy atom. The molecule has 1 amide bonds.